The third-order valence-electron chi connectivity index (χ3n) is 18.9. The van der Waals surface area contributed by atoms with E-state index in [1.165, 1.54) is 29.8 Å². The Labute approximate surface area is 387 Å². The van der Waals surface area contributed by atoms with Crippen molar-refractivity contribution in [2.24, 2.45) is 50.2 Å². The van der Waals surface area contributed by atoms with Crippen LogP contribution in [0.15, 0.2) is 35.9 Å². The molecular weight excluding hydrogens is 855 g/mol. The van der Waals surface area contributed by atoms with Gasteiger partial charge >= 0.3 is 11.9 Å². The molecule has 1 aromatic carbocycles. The van der Waals surface area contributed by atoms with Gasteiger partial charge in [-0.05, 0) is 121 Å². The van der Waals surface area contributed by atoms with Crippen molar-refractivity contribution < 1.29 is 74.2 Å². The van der Waals surface area contributed by atoms with Crippen LogP contribution in [0.4, 0.5) is 0 Å². The molecule has 0 spiro atoms. The highest BCUT2D eigenvalue weighted by Gasteiger charge is 2.70. The van der Waals surface area contributed by atoms with Crippen LogP contribution in [-0.2, 0) is 23.7 Å². The van der Waals surface area contributed by atoms with Gasteiger partial charge in [-0.3, -0.25) is 9.59 Å². The Morgan fingerprint density at radius 3 is 2.02 bits per heavy atom. The third kappa shape index (κ3) is 7.77. The van der Waals surface area contributed by atoms with Crippen molar-refractivity contribution in [1.29, 1.82) is 0 Å². The Balaban J connectivity index is 1.02. The number of benzene rings is 1. The van der Waals surface area contributed by atoms with E-state index in [0.717, 1.165) is 44.9 Å². The van der Waals surface area contributed by atoms with Crippen LogP contribution in [0.5, 0.6) is 0 Å². The van der Waals surface area contributed by atoms with Crippen molar-refractivity contribution in [2.75, 3.05) is 13.2 Å². The quantitative estimate of drug-likeness (QED) is 0.0976. The number of carboxylic acids is 1. The molecule has 0 aromatic heterocycles. The molecule has 1 aromatic rings. The maximum absolute atomic E-state index is 15.0. The summed E-state index contributed by atoms with van der Waals surface area (Å²) in [5.74, 6) is -2.19. The predicted molar refractivity (Wildman–Crippen MR) is 236 cm³/mol. The van der Waals surface area contributed by atoms with Gasteiger partial charge in [0.15, 0.2) is 6.29 Å². The molecule has 18 atom stereocenters. The number of esters is 1. The SMILES string of the molecule is CC1(C)CC[C@]2(C(=O)O[C@@H]3O[C@H](CNC(=O)c4ccccc4C(=O)O)[C@@H](O)[C@H](O)[C@H]3O)CC[C@]3(C)C(=CC[C@@H]4[C@@]5(C)CC[C@H](O[C@H]6O[C@H](CO)[C@@H](O)[C@H](O)[C@@H]6O)C(C)(C)[C@@H]5CC[C@]43C)[C@@H]2C1. The van der Waals surface area contributed by atoms with E-state index in [0.29, 0.717) is 25.2 Å². The van der Waals surface area contributed by atoms with E-state index >= 15 is 0 Å². The van der Waals surface area contributed by atoms with Gasteiger partial charge in [0.25, 0.3) is 5.91 Å². The zero-order valence-electron chi connectivity index (χ0n) is 39.4. The summed E-state index contributed by atoms with van der Waals surface area (Å²) >= 11 is 0. The first-order valence-electron chi connectivity index (χ1n) is 24.0. The lowest BCUT2D eigenvalue weighted by Crippen LogP contribution is -2.66. The molecular formula is C50H73NO15. The Kier molecular flexibility index (Phi) is 13.0. The number of carboxylic acid groups (broad SMARTS) is 1. The summed E-state index contributed by atoms with van der Waals surface area (Å²) in [6, 6.07) is 5.66. The number of hydrogen-bond acceptors (Lipinski definition) is 14. The number of ether oxygens (including phenoxy) is 4. The Bertz CT molecular complexity index is 2060. The van der Waals surface area contributed by atoms with Crippen molar-refractivity contribution in [3.8, 4) is 0 Å². The lowest BCUT2D eigenvalue weighted by atomic mass is 9.33. The second-order valence-corrected chi connectivity index (χ2v) is 23.0. The molecule has 0 radical (unpaired) electrons. The van der Waals surface area contributed by atoms with E-state index in [-0.39, 0.29) is 62.7 Å². The number of amides is 1. The fourth-order valence-electron chi connectivity index (χ4n) is 14.7. The number of hydrogen-bond donors (Lipinski definition) is 9. The van der Waals surface area contributed by atoms with Crippen LogP contribution in [0, 0.1) is 50.2 Å². The Hall–Kier alpha value is -3.03. The molecule has 16 heteroatoms. The Morgan fingerprint density at radius 1 is 0.727 bits per heavy atom. The smallest absolute Gasteiger partial charge is 0.336 e. The molecule has 1 amide bonds. The highest BCUT2D eigenvalue weighted by molar-refractivity contribution is 6.04. The van der Waals surface area contributed by atoms with Gasteiger partial charge in [0.2, 0.25) is 6.29 Å². The summed E-state index contributed by atoms with van der Waals surface area (Å²) in [5.41, 5.74) is -0.915. The van der Waals surface area contributed by atoms with Gasteiger partial charge in [-0.1, -0.05) is 72.2 Å². The fourth-order valence-corrected chi connectivity index (χ4v) is 14.7. The molecule has 2 heterocycles. The number of aromatic carboxylic acids is 1. The molecule has 0 unspecified atom stereocenters. The average Bonchev–Trinajstić information content (AvgIpc) is 3.26. The third-order valence-corrected chi connectivity index (χ3v) is 18.9. The first kappa shape index (κ1) is 49.4. The van der Waals surface area contributed by atoms with Gasteiger partial charge in [-0.2, -0.15) is 0 Å². The molecule has 66 heavy (non-hydrogen) atoms. The van der Waals surface area contributed by atoms with Gasteiger partial charge < -0.3 is 65.1 Å². The second kappa shape index (κ2) is 17.4. The summed E-state index contributed by atoms with van der Waals surface area (Å²) in [6.07, 6.45) is -5.19. The van der Waals surface area contributed by atoms with Crippen LogP contribution in [-0.4, -0.2) is 139 Å². The molecule has 6 fully saturated rings. The van der Waals surface area contributed by atoms with Gasteiger partial charge in [0.1, 0.15) is 48.8 Å². The second-order valence-electron chi connectivity index (χ2n) is 23.0. The molecule has 5 aliphatic carbocycles. The lowest BCUT2D eigenvalue weighted by molar-refractivity contribution is -0.330. The Morgan fingerprint density at radius 2 is 1.35 bits per heavy atom. The van der Waals surface area contributed by atoms with E-state index in [4.69, 9.17) is 18.9 Å². The minimum atomic E-state index is -1.78. The van der Waals surface area contributed by atoms with Crippen LogP contribution in [0.2, 0.25) is 0 Å². The maximum atomic E-state index is 15.0. The summed E-state index contributed by atoms with van der Waals surface area (Å²) in [5, 5.41) is 86.8. The number of rotatable bonds is 9. The number of allylic oxidation sites excluding steroid dienone is 2. The highest BCUT2D eigenvalue weighted by atomic mass is 16.7. The summed E-state index contributed by atoms with van der Waals surface area (Å²) in [7, 11) is 0. The maximum Gasteiger partial charge on any atom is 0.336 e. The fraction of sp³-hybridized carbons (Fsp3) is 0.780. The van der Waals surface area contributed by atoms with Crippen molar-refractivity contribution in [3.05, 3.63) is 47.0 Å². The first-order valence-corrected chi connectivity index (χ1v) is 24.0. The van der Waals surface area contributed by atoms with Gasteiger partial charge in [0.05, 0.1) is 29.3 Å². The molecule has 16 nitrogen and oxygen atoms in total. The largest absolute Gasteiger partial charge is 0.478 e. The standard InChI is InChI=1S/C50H73NO15/c1-45(2)18-20-50(44(62)66-43-39(58)36(55)34(53)29(63-43)23-51-40(59)25-10-8-9-11-26(25)41(60)61)21-19-48(6)27(28(50)22-45)12-13-32-47(5)16-15-33(46(3,4)31(47)14-17-49(32,48)7)65-42-38(57)37(56)35(54)30(24-52)64-42/h8-12,28-39,42-43,52-58H,13-24H2,1-7H3,(H,51,59)(H,60,61)/t28-,29+,30+,31-,32+,33-,34+,35+,36-,37-,38-,39+,42+,43-,47-,48+,49+,50-/m0/s1. The van der Waals surface area contributed by atoms with Gasteiger partial charge in [-0.25, -0.2) is 4.79 Å². The minimum Gasteiger partial charge on any atom is -0.478 e. The average molecular weight is 928 g/mol. The van der Waals surface area contributed by atoms with E-state index < -0.39 is 91.3 Å². The van der Waals surface area contributed by atoms with Crippen molar-refractivity contribution in [3.63, 3.8) is 0 Å². The predicted octanol–water partition coefficient (Wildman–Crippen LogP) is 3.45. The molecule has 2 saturated heterocycles. The molecule has 4 saturated carbocycles. The molecule has 0 bridgehead atoms. The van der Waals surface area contributed by atoms with Crippen LogP contribution < -0.4 is 5.32 Å². The highest BCUT2D eigenvalue weighted by Crippen LogP contribution is 2.76. The molecule has 2 aliphatic heterocycles. The zero-order valence-corrected chi connectivity index (χ0v) is 39.4. The number of carbonyl (C=O) groups excluding carboxylic acids is 2. The van der Waals surface area contributed by atoms with Crippen LogP contribution in [0.1, 0.15) is 133 Å². The van der Waals surface area contributed by atoms with Crippen LogP contribution in [0.25, 0.3) is 0 Å². The van der Waals surface area contributed by atoms with Crippen molar-refractivity contribution in [2.45, 2.75) is 180 Å². The van der Waals surface area contributed by atoms with Crippen molar-refractivity contribution >= 4 is 17.8 Å². The molecule has 9 N–H and O–H groups in total. The van der Waals surface area contributed by atoms with E-state index in [1.807, 2.05) is 0 Å². The van der Waals surface area contributed by atoms with E-state index in [1.54, 1.807) is 0 Å². The number of aliphatic hydroxyl groups excluding tert-OH is 7. The minimum absolute atomic E-state index is 0.0813. The summed E-state index contributed by atoms with van der Waals surface area (Å²) in [4.78, 5) is 39.8. The topological polar surface area (TPSA) is 262 Å². The number of aliphatic hydroxyl groups is 7. The van der Waals surface area contributed by atoms with Crippen molar-refractivity contribution in [1.82, 2.24) is 5.32 Å². The van der Waals surface area contributed by atoms with E-state index in [2.05, 4.69) is 59.9 Å². The first-order chi connectivity index (χ1) is 30.9. The van der Waals surface area contributed by atoms with Crippen LogP contribution >= 0.6 is 0 Å². The summed E-state index contributed by atoms with van der Waals surface area (Å²) in [6.45, 7) is 15.3. The molecule has 368 valence electrons. The summed E-state index contributed by atoms with van der Waals surface area (Å²) < 4.78 is 24.4. The van der Waals surface area contributed by atoms with Crippen LogP contribution in [0.3, 0.4) is 0 Å². The lowest BCUT2D eigenvalue weighted by Gasteiger charge is -2.71. The van der Waals surface area contributed by atoms with Gasteiger partial charge in [0, 0.05) is 6.54 Å². The van der Waals surface area contributed by atoms with Gasteiger partial charge in [-0.15, -0.1) is 0 Å². The normalized spacial score (nSPS) is 46.0. The number of nitrogens with one attached hydrogen (secondary N) is 1. The number of carbonyl (C=O) groups is 3. The monoisotopic (exact) mass is 927 g/mol. The molecule has 7 aliphatic rings. The zero-order chi connectivity index (χ0) is 48.1. The van der Waals surface area contributed by atoms with E-state index in [9.17, 15) is 55.2 Å². The number of fused-ring (bicyclic) bond motifs is 7. The molecule has 8 rings (SSSR count).